The third-order valence-corrected chi connectivity index (χ3v) is 6.02. The van der Waals surface area contributed by atoms with E-state index in [4.69, 9.17) is 4.74 Å². The fourth-order valence-corrected chi connectivity index (χ4v) is 5.15. The highest BCUT2D eigenvalue weighted by Crippen LogP contribution is 2.46. The van der Waals surface area contributed by atoms with E-state index in [2.05, 4.69) is 7.05 Å². The van der Waals surface area contributed by atoms with Crippen LogP contribution in [0.25, 0.3) is 0 Å². The van der Waals surface area contributed by atoms with Crippen LogP contribution in [0.1, 0.15) is 51.9 Å². The second-order valence-electron chi connectivity index (χ2n) is 7.21. The lowest BCUT2D eigenvalue weighted by Gasteiger charge is -2.51. The maximum Gasteiger partial charge on any atom is 0.302 e. The molecule has 1 heterocycles. The minimum absolute atomic E-state index is 0.0772. The first-order valence-corrected chi connectivity index (χ1v) is 8.11. The Morgan fingerprint density at radius 3 is 2.47 bits per heavy atom. The highest BCUT2D eigenvalue weighted by Gasteiger charge is 2.51. The minimum atomic E-state index is -0.0772. The van der Waals surface area contributed by atoms with Crippen LogP contribution in [0.4, 0.5) is 0 Å². The second kappa shape index (κ2) is 5.08. The van der Waals surface area contributed by atoms with Gasteiger partial charge in [-0.3, -0.25) is 4.79 Å². The molecule has 0 radical (unpaired) electrons. The van der Waals surface area contributed by atoms with E-state index in [0.29, 0.717) is 11.8 Å². The average molecular weight is 266 g/mol. The van der Waals surface area contributed by atoms with Crippen molar-refractivity contribution in [2.45, 2.75) is 64.0 Å². The molecule has 0 N–H and O–H groups in total. The normalized spacial score (nSPS) is 40.9. The van der Waals surface area contributed by atoms with E-state index in [1.165, 1.54) is 62.5 Å². The molecule has 2 bridgehead atoms. The van der Waals surface area contributed by atoms with Crippen LogP contribution in [0.15, 0.2) is 0 Å². The summed E-state index contributed by atoms with van der Waals surface area (Å²) in [6.45, 7) is 4.24. The van der Waals surface area contributed by atoms with Crippen molar-refractivity contribution < 1.29 is 14.0 Å². The van der Waals surface area contributed by atoms with Gasteiger partial charge in [0.1, 0.15) is 6.10 Å². The monoisotopic (exact) mass is 266 g/mol. The summed E-state index contributed by atoms with van der Waals surface area (Å²) in [5.74, 6) is 1.19. The molecule has 3 nitrogen and oxygen atoms in total. The Bertz CT molecular complexity index is 349. The van der Waals surface area contributed by atoms with Crippen LogP contribution in [0.5, 0.6) is 0 Å². The molecule has 19 heavy (non-hydrogen) atoms. The molecule has 0 aromatic rings. The molecule has 0 unspecified atom stereocenters. The Hall–Kier alpha value is -0.570. The number of esters is 1. The molecule has 2 saturated carbocycles. The topological polar surface area (TPSA) is 26.3 Å². The molecule has 3 rings (SSSR count). The van der Waals surface area contributed by atoms with E-state index >= 15 is 0 Å². The first-order chi connectivity index (χ1) is 9.10. The number of rotatable bonds is 2. The maximum absolute atomic E-state index is 11.4. The van der Waals surface area contributed by atoms with Crippen molar-refractivity contribution in [3.05, 3.63) is 0 Å². The van der Waals surface area contributed by atoms with Crippen LogP contribution in [-0.2, 0) is 9.53 Å². The van der Waals surface area contributed by atoms with Gasteiger partial charge in [-0.25, -0.2) is 0 Å². The first kappa shape index (κ1) is 13.4. The van der Waals surface area contributed by atoms with Crippen LogP contribution < -0.4 is 0 Å². The third kappa shape index (κ3) is 2.42. The van der Waals surface area contributed by atoms with Gasteiger partial charge in [-0.2, -0.15) is 0 Å². The smallest absolute Gasteiger partial charge is 0.302 e. The Labute approximate surface area is 116 Å². The van der Waals surface area contributed by atoms with E-state index < -0.39 is 0 Å². The van der Waals surface area contributed by atoms with Gasteiger partial charge >= 0.3 is 5.97 Å². The molecule has 3 aliphatic rings. The summed E-state index contributed by atoms with van der Waals surface area (Å²) in [7, 11) is 2.44. The van der Waals surface area contributed by atoms with Gasteiger partial charge in [0, 0.05) is 32.1 Å². The van der Waals surface area contributed by atoms with Gasteiger partial charge in [0.2, 0.25) is 0 Å². The summed E-state index contributed by atoms with van der Waals surface area (Å²) in [6.07, 6.45) is 9.47. The highest BCUT2D eigenvalue weighted by atomic mass is 16.5. The molecule has 0 amide bonds. The Balaban J connectivity index is 1.80. The lowest BCUT2D eigenvalue weighted by Crippen LogP contribution is -2.60. The van der Waals surface area contributed by atoms with Gasteiger partial charge in [0.25, 0.3) is 0 Å². The SMILES string of the molecule is CC(=O)O[C@@H]1[C@@H]2CCC[C@@H]1[C@@H]([N+]1(C)CCCC1)CC2. The molecule has 4 atom stereocenters. The predicted molar refractivity (Wildman–Crippen MR) is 74.6 cm³/mol. The van der Waals surface area contributed by atoms with Crippen molar-refractivity contribution in [3.8, 4) is 0 Å². The van der Waals surface area contributed by atoms with Gasteiger partial charge in [0.15, 0.2) is 0 Å². The number of hydrogen-bond donors (Lipinski definition) is 0. The largest absolute Gasteiger partial charge is 0.462 e. The molecule has 3 fully saturated rings. The van der Waals surface area contributed by atoms with Crippen molar-refractivity contribution >= 4 is 5.97 Å². The number of nitrogens with zero attached hydrogens (tertiary/aromatic N) is 1. The zero-order valence-electron chi connectivity index (χ0n) is 12.4. The van der Waals surface area contributed by atoms with Crippen LogP contribution >= 0.6 is 0 Å². The molecule has 3 heteroatoms. The molecular weight excluding hydrogens is 238 g/mol. The van der Waals surface area contributed by atoms with Crippen LogP contribution in [0.3, 0.4) is 0 Å². The zero-order valence-corrected chi connectivity index (χ0v) is 12.4. The van der Waals surface area contributed by atoms with Gasteiger partial charge < -0.3 is 9.22 Å². The van der Waals surface area contributed by atoms with Crippen molar-refractivity contribution in [2.75, 3.05) is 20.1 Å². The average Bonchev–Trinajstić information content (AvgIpc) is 2.76. The molecule has 0 aromatic heterocycles. The van der Waals surface area contributed by atoms with Crippen LogP contribution in [0.2, 0.25) is 0 Å². The molecule has 1 aliphatic heterocycles. The van der Waals surface area contributed by atoms with Gasteiger partial charge in [0.05, 0.1) is 26.2 Å². The van der Waals surface area contributed by atoms with Gasteiger partial charge in [-0.05, 0) is 25.2 Å². The quantitative estimate of drug-likeness (QED) is 0.567. The van der Waals surface area contributed by atoms with Crippen LogP contribution in [-0.4, -0.2) is 42.7 Å². The molecular formula is C16H28NO2+. The van der Waals surface area contributed by atoms with E-state index in [1.807, 2.05) is 0 Å². The third-order valence-electron chi connectivity index (χ3n) is 6.02. The summed E-state index contributed by atoms with van der Waals surface area (Å²) in [6, 6.07) is 0.739. The minimum Gasteiger partial charge on any atom is -0.462 e. The molecule has 0 spiro atoms. The summed E-state index contributed by atoms with van der Waals surface area (Å²) < 4.78 is 6.99. The molecule has 2 aliphatic carbocycles. The summed E-state index contributed by atoms with van der Waals surface area (Å²) in [4.78, 5) is 11.4. The highest BCUT2D eigenvalue weighted by molar-refractivity contribution is 5.66. The second-order valence-corrected chi connectivity index (χ2v) is 7.21. The number of carbonyl (C=O) groups excluding carboxylic acids is 1. The van der Waals surface area contributed by atoms with Crippen molar-refractivity contribution in [3.63, 3.8) is 0 Å². The number of likely N-dealkylation sites (tertiary alicyclic amines) is 1. The van der Waals surface area contributed by atoms with E-state index in [9.17, 15) is 4.79 Å². The van der Waals surface area contributed by atoms with Crippen molar-refractivity contribution in [1.82, 2.24) is 0 Å². The number of hydrogen-bond acceptors (Lipinski definition) is 2. The zero-order chi connectivity index (χ0) is 13.5. The Morgan fingerprint density at radius 1 is 1.05 bits per heavy atom. The van der Waals surface area contributed by atoms with E-state index in [0.717, 1.165) is 6.04 Å². The number of ether oxygens (including phenoxy) is 1. The number of carbonyl (C=O) groups is 1. The Kier molecular flexibility index (Phi) is 3.59. The molecule has 1 saturated heterocycles. The van der Waals surface area contributed by atoms with Crippen molar-refractivity contribution in [1.29, 1.82) is 0 Å². The van der Waals surface area contributed by atoms with E-state index in [-0.39, 0.29) is 12.1 Å². The fraction of sp³-hybridized carbons (Fsp3) is 0.938. The first-order valence-electron chi connectivity index (χ1n) is 8.11. The number of quaternary nitrogens is 1. The lowest BCUT2D eigenvalue weighted by atomic mass is 9.66. The summed E-state index contributed by atoms with van der Waals surface area (Å²) in [5, 5.41) is 0. The standard InChI is InChI=1S/C16H28NO2/c1-12(18)19-16-13-6-5-7-14(16)15(9-8-13)17(2)10-3-4-11-17/h13-16H,3-11H2,1-2H3/q+1/t13-,14-,15+,16-/m1/s1. The Morgan fingerprint density at radius 2 is 1.79 bits per heavy atom. The van der Waals surface area contributed by atoms with Crippen molar-refractivity contribution in [2.24, 2.45) is 11.8 Å². The predicted octanol–water partition coefficient (Wildman–Crippen LogP) is 2.74. The fourth-order valence-electron chi connectivity index (χ4n) is 5.15. The molecule has 108 valence electrons. The lowest BCUT2D eigenvalue weighted by molar-refractivity contribution is -0.928. The summed E-state index contributed by atoms with van der Waals surface area (Å²) in [5.41, 5.74) is 0. The maximum atomic E-state index is 11.4. The van der Waals surface area contributed by atoms with Crippen LogP contribution in [0, 0.1) is 11.8 Å². The molecule has 0 aromatic carbocycles. The number of fused-ring (bicyclic) bond motifs is 2. The van der Waals surface area contributed by atoms with Gasteiger partial charge in [-0.1, -0.05) is 6.42 Å². The van der Waals surface area contributed by atoms with Gasteiger partial charge in [-0.15, -0.1) is 0 Å². The summed E-state index contributed by atoms with van der Waals surface area (Å²) >= 11 is 0. The van der Waals surface area contributed by atoms with E-state index in [1.54, 1.807) is 6.92 Å².